The van der Waals surface area contributed by atoms with Gasteiger partial charge in [-0.1, -0.05) is 18.2 Å². The van der Waals surface area contributed by atoms with Crippen molar-refractivity contribution in [2.24, 2.45) is 5.41 Å². The van der Waals surface area contributed by atoms with Gasteiger partial charge < -0.3 is 9.84 Å². The second-order valence-electron chi connectivity index (χ2n) is 4.15. The summed E-state index contributed by atoms with van der Waals surface area (Å²) >= 11 is 0. The van der Waals surface area contributed by atoms with Crippen LogP contribution in [0.4, 0.5) is 0 Å². The Morgan fingerprint density at radius 3 is 2.64 bits per heavy atom. The minimum Gasteiger partial charge on any atom is -0.496 e. The van der Waals surface area contributed by atoms with E-state index in [0.717, 1.165) is 25.0 Å². The van der Waals surface area contributed by atoms with Crippen molar-refractivity contribution in [3.8, 4) is 5.75 Å². The molecule has 0 bridgehead atoms. The number of aliphatic hydroxyl groups excluding tert-OH is 1. The van der Waals surface area contributed by atoms with E-state index < -0.39 is 0 Å². The Bertz CT molecular complexity index is 316. The molecule has 0 amide bonds. The van der Waals surface area contributed by atoms with E-state index in [4.69, 9.17) is 4.74 Å². The lowest BCUT2D eigenvalue weighted by Gasteiger charge is -2.14. The molecule has 0 saturated heterocycles. The molecule has 1 fully saturated rings. The van der Waals surface area contributed by atoms with Crippen molar-refractivity contribution in [2.75, 3.05) is 13.7 Å². The molecule has 1 aliphatic carbocycles. The maximum absolute atomic E-state index is 9.24. The van der Waals surface area contributed by atoms with E-state index in [-0.39, 0.29) is 5.41 Å². The summed E-state index contributed by atoms with van der Waals surface area (Å²) in [6.07, 6.45) is 3.22. The fourth-order valence-electron chi connectivity index (χ4n) is 1.82. The lowest BCUT2D eigenvalue weighted by molar-refractivity contribution is 0.210. The average molecular weight is 192 g/mol. The van der Waals surface area contributed by atoms with Crippen LogP contribution in [0, 0.1) is 5.41 Å². The smallest absolute Gasteiger partial charge is 0.122 e. The third-order valence-electron chi connectivity index (χ3n) is 3.05. The van der Waals surface area contributed by atoms with E-state index in [0.29, 0.717) is 6.61 Å². The predicted molar refractivity (Wildman–Crippen MR) is 55.5 cm³/mol. The Balaban J connectivity index is 2.16. The molecule has 1 aromatic carbocycles. The summed E-state index contributed by atoms with van der Waals surface area (Å²) in [6.45, 7) is 0.297. The van der Waals surface area contributed by atoms with Gasteiger partial charge in [-0.25, -0.2) is 0 Å². The van der Waals surface area contributed by atoms with E-state index in [1.165, 1.54) is 5.56 Å². The summed E-state index contributed by atoms with van der Waals surface area (Å²) in [5.74, 6) is 0.937. The predicted octanol–water partition coefficient (Wildman–Crippen LogP) is 2.01. The van der Waals surface area contributed by atoms with Crippen LogP contribution in [0.2, 0.25) is 0 Å². The van der Waals surface area contributed by atoms with Crippen LogP contribution in [0.1, 0.15) is 18.4 Å². The number of hydrogen-bond acceptors (Lipinski definition) is 2. The zero-order valence-electron chi connectivity index (χ0n) is 8.49. The van der Waals surface area contributed by atoms with Crippen molar-refractivity contribution in [3.63, 3.8) is 0 Å². The molecule has 1 saturated carbocycles. The Morgan fingerprint density at radius 1 is 1.36 bits per heavy atom. The third-order valence-corrected chi connectivity index (χ3v) is 3.05. The number of benzene rings is 1. The first-order chi connectivity index (χ1) is 6.79. The van der Waals surface area contributed by atoms with Gasteiger partial charge in [0.05, 0.1) is 7.11 Å². The van der Waals surface area contributed by atoms with Gasteiger partial charge >= 0.3 is 0 Å². The normalized spacial score (nSPS) is 17.9. The summed E-state index contributed by atoms with van der Waals surface area (Å²) in [5.41, 5.74) is 1.37. The molecule has 2 heteroatoms. The second kappa shape index (κ2) is 3.62. The summed E-state index contributed by atoms with van der Waals surface area (Å²) in [4.78, 5) is 0. The van der Waals surface area contributed by atoms with Crippen molar-refractivity contribution in [1.82, 2.24) is 0 Å². The summed E-state index contributed by atoms with van der Waals surface area (Å²) in [5, 5.41) is 9.24. The molecule has 2 nitrogen and oxygen atoms in total. The average Bonchev–Trinajstić information content (AvgIpc) is 2.99. The van der Waals surface area contributed by atoms with Gasteiger partial charge in [0, 0.05) is 6.61 Å². The minimum absolute atomic E-state index is 0.161. The topological polar surface area (TPSA) is 29.5 Å². The Morgan fingerprint density at radius 2 is 2.07 bits per heavy atom. The fraction of sp³-hybridized carbons (Fsp3) is 0.500. The first kappa shape index (κ1) is 9.53. The molecule has 2 rings (SSSR count). The van der Waals surface area contributed by atoms with Crippen molar-refractivity contribution in [2.45, 2.75) is 19.3 Å². The third kappa shape index (κ3) is 1.75. The van der Waals surface area contributed by atoms with Crippen LogP contribution in [0.3, 0.4) is 0 Å². The zero-order chi connectivity index (χ0) is 10.0. The molecule has 0 aliphatic heterocycles. The number of hydrogen-bond donors (Lipinski definition) is 1. The number of methoxy groups -OCH3 is 1. The molecular formula is C12H16O2. The quantitative estimate of drug-likeness (QED) is 0.790. The standard InChI is InChI=1S/C12H16O2/c1-14-11-5-3-2-4-10(11)8-12(9-13)6-7-12/h2-5,13H,6-9H2,1H3. The number of aliphatic hydroxyl groups is 1. The molecule has 0 unspecified atom stereocenters. The number of para-hydroxylation sites is 1. The van der Waals surface area contributed by atoms with Crippen molar-refractivity contribution in [1.29, 1.82) is 0 Å². The van der Waals surface area contributed by atoms with Gasteiger partial charge in [0.2, 0.25) is 0 Å². The van der Waals surface area contributed by atoms with Gasteiger partial charge in [0.15, 0.2) is 0 Å². The van der Waals surface area contributed by atoms with Crippen molar-refractivity contribution in [3.05, 3.63) is 29.8 Å². The SMILES string of the molecule is COc1ccccc1CC1(CO)CC1. The lowest BCUT2D eigenvalue weighted by atomic mass is 9.97. The maximum Gasteiger partial charge on any atom is 0.122 e. The van der Waals surface area contributed by atoms with Gasteiger partial charge in [-0.15, -0.1) is 0 Å². The van der Waals surface area contributed by atoms with Crippen LogP contribution in [0.15, 0.2) is 24.3 Å². The molecule has 14 heavy (non-hydrogen) atoms. The van der Waals surface area contributed by atoms with E-state index in [1.54, 1.807) is 7.11 Å². The molecule has 76 valence electrons. The van der Waals surface area contributed by atoms with E-state index >= 15 is 0 Å². The molecule has 1 N–H and O–H groups in total. The molecule has 0 atom stereocenters. The fourth-order valence-corrected chi connectivity index (χ4v) is 1.82. The second-order valence-corrected chi connectivity index (χ2v) is 4.15. The summed E-state index contributed by atoms with van der Waals surface area (Å²) in [6, 6.07) is 8.05. The Labute approximate surface area is 84.5 Å². The highest BCUT2D eigenvalue weighted by molar-refractivity contribution is 5.34. The molecule has 0 spiro atoms. The van der Waals surface area contributed by atoms with Gasteiger partial charge in [0.25, 0.3) is 0 Å². The molecule has 0 aromatic heterocycles. The van der Waals surface area contributed by atoms with Crippen molar-refractivity contribution >= 4 is 0 Å². The maximum atomic E-state index is 9.24. The summed E-state index contributed by atoms with van der Waals surface area (Å²) in [7, 11) is 1.69. The molecule has 0 heterocycles. The molecule has 0 radical (unpaired) electrons. The van der Waals surface area contributed by atoms with E-state index in [1.807, 2.05) is 18.2 Å². The van der Waals surface area contributed by atoms with Gasteiger partial charge in [-0.05, 0) is 36.3 Å². The summed E-state index contributed by atoms with van der Waals surface area (Å²) < 4.78 is 5.28. The van der Waals surface area contributed by atoms with Crippen LogP contribution < -0.4 is 4.74 Å². The van der Waals surface area contributed by atoms with Crippen LogP contribution in [0.25, 0.3) is 0 Å². The number of rotatable bonds is 4. The van der Waals surface area contributed by atoms with Crippen LogP contribution in [0.5, 0.6) is 5.75 Å². The Kier molecular flexibility index (Phi) is 2.46. The first-order valence-electron chi connectivity index (χ1n) is 5.02. The van der Waals surface area contributed by atoms with Gasteiger partial charge in [-0.3, -0.25) is 0 Å². The van der Waals surface area contributed by atoms with Gasteiger partial charge in [0.1, 0.15) is 5.75 Å². The highest BCUT2D eigenvalue weighted by Crippen LogP contribution is 2.48. The molecular weight excluding hydrogens is 176 g/mol. The highest BCUT2D eigenvalue weighted by Gasteiger charge is 2.42. The molecule has 1 aromatic rings. The van der Waals surface area contributed by atoms with Crippen LogP contribution in [-0.2, 0) is 6.42 Å². The minimum atomic E-state index is 0.161. The molecule has 1 aliphatic rings. The number of ether oxygens (including phenoxy) is 1. The van der Waals surface area contributed by atoms with Crippen LogP contribution in [-0.4, -0.2) is 18.8 Å². The van der Waals surface area contributed by atoms with Gasteiger partial charge in [-0.2, -0.15) is 0 Å². The van der Waals surface area contributed by atoms with Crippen LogP contribution >= 0.6 is 0 Å². The first-order valence-corrected chi connectivity index (χ1v) is 5.02. The highest BCUT2D eigenvalue weighted by atomic mass is 16.5. The van der Waals surface area contributed by atoms with Crippen molar-refractivity contribution < 1.29 is 9.84 Å². The monoisotopic (exact) mass is 192 g/mol. The largest absolute Gasteiger partial charge is 0.496 e. The Hall–Kier alpha value is -1.02. The zero-order valence-corrected chi connectivity index (χ0v) is 8.49. The lowest BCUT2D eigenvalue weighted by Crippen LogP contribution is -2.10. The van der Waals surface area contributed by atoms with E-state index in [2.05, 4.69) is 6.07 Å². The van der Waals surface area contributed by atoms with E-state index in [9.17, 15) is 5.11 Å².